The lowest BCUT2D eigenvalue weighted by Crippen LogP contribution is -2.27. The predicted molar refractivity (Wildman–Crippen MR) is 83.9 cm³/mol. The summed E-state index contributed by atoms with van der Waals surface area (Å²) in [4.78, 5) is 11.6. The maximum absolute atomic E-state index is 13.8. The molecule has 0 saturated carbocycles. The van der Waals surface area contributed by atoms with Crippen LogP contribution in [0.2, 0.25) is 0 Å². The predicted octanol–water partition coefficient (Wildman–Crippen LogP) is 3.60. The number of benzene rings is 1. The number of halogens is 3. The molecule has 0 fully saturated rings. The summed E-state index contributed by atoms with van der Waals surface area (Å²) < 4.78 is 71.1. The summed E-state index contributed by atoms with van der Waals surface area (Å²) in [6.45, 7) is 6.24. The summed E-state index contributed by atoms with van der Waals surface area (Å²) in [6.07, 6.45) is -0.862. The SMILES string of the molecule is CCCS(=O)(=O)Nc1cc(NC(=O)OC(C)(C)C)c(F)c(F)c1F. The fourth-order valence-electron chi connectivity index (χ4n) is 1.67. The molecule has 6 nitrogen and oxygen atoms in total. The van der Waals surface area contributed by atoms with Gasteiger partial charge in [-0.05, 0) is 33.3 Å². The fraction of sp³-hybridized carbons (Fsp3) is 0.500. The smallest absolute Gasteiger partial charge is 0.412 e. The lowest BCUT2D eigenvalue weighted by molar-refractivity contribution is 0.0635. The Kier molecular flexibility index (Phi) is 6.09. The molecule has 0 saturated heterocycles. The van der Waals surface area contributed by atoms with Crippen LogP contribution >= 0.6 is 0 Å². The normalized spacial score (nSPS) is 12.0. The second kappa shape index (κ2) is 7.29. The van der Waals surface area contributed by atoms with Crippen molar-refractivity contribution in [2.24, 2.45) is 0 Å². The molecular formula is C14H19F3N2O4S. The van der Waals surface area contributed by atoms with Crippen LogP contribution in [0.25, 0.3) is 0 Å². The number of sulfonamides is 1. The second-order valence-corrected chi connectivity index (χ2v) is 7.80. The molecule has 0 heterocycles. The Balaban J connectivity index is 3.17. The third kappa shape index (κ3) is 5.59. The zero-order chi connectivity index (χ0) is 18.7. The molecule has 0 aliphatic rings. The van der Waals surface area contributed by atoms with Gasteiger partial charge in [0.15, 0.2) is 17.5 Å². The highest BCUT2D eigenvalue weighted by molar-refractivity contribution is 7.92. The van der Waals surface area contributed by atoms with Crippen molar-refractivity contribution in [2.45, 2.75) is 39.7 Å². The van der Waals surface area contributed by atoms with Crippen molar-refractivity contribution in [3.63, 3.8) is 0 Å². The molecule has 1 amide bonds. The van der Waals surface area contributed by atoms with Crippen LogP contribution in [0.5, 0.6) is 0 Å². The minimum Gasteiger partial charge on any atom is -0.444 e. The number of carbonyl (C=O) groups is 1. The molecule has 24 heavy (non-hydrogen) atoms. The molecule has 1 aromatic carbocycles. The molecule has 0 unspecified atom stereocenters. The van der Waals surface area contributed by atoms with Gasteiger partial charge in [0.1, 0.15) is 5.60 Å². The van der Waals surface area contributed by atoms with Gasteiger partial charge in [0.25, 0.3) is 0 Å². The van der Waals surface area contributed by atoms with Crippen molar-refractivity contribution in [3.05, 3.63) is 23.5 Å². The van der Waals surface area contributed by atoms with Gasteiger partial charge in [-0.2, -0.15) is 0 Å². The minimum absolute atomic E-state index is 0.240. The van der Waals surface area contributed by atoms with Gasteiger partial charge in [-0.25, -0.2) is 26.4 Å². The first-order chi connectivity index (χ1) is 10.9. The quantitative estimate of drug-likeness (QED) is 0.778. The number of hydrogen-bond donors (Lipinski definition) is 2. The topological polar surface area (TPSA) is 84.5 Å². The number of anilines is 2. The summed E-state index contributed by atoms with van der Waals surface area (Å²) in [5.41, 5.74) is -2.46. The van der Waals surface area contributed by atoms with E-state index in [2.05, 4.69) is 0 Å². The largest absolute Gasteiger partial charge is 0.444 e. The molecule has 0 aromatic heterocycles. The van der Waals surface area contributed by atoms with Gasteiger partial charge in [0.05, 0.1) is 17.1 Å². The van der Waals surface area contributed by atoms with E-state index in [-0.39, 0.29) is 12.2 Å². The Morgan fingerprint density at radius 2 is 1.67 bits per heavy atom. The molecule has 2 N–H and O–H groups in total. The highest BCUT2D eigenvalue weighted by atomic mass is 32.2. The highest BCUT2D eigenvalue weighted by Gasteiger charge is 2.24. The second-order valence-electron chi connectivity index (χ2n) is 5.96. The van der Waals surface area contributed by atoms with E-state index in [9.17, 15) is 26.4 Å². The maximum atomic E-state index is 13.8. The first-order valence-electron chi connectivity index (χ1n) is 7.04. The summed E-state index contributed by atoms with van der Waals surface area (Å²) in [7, 11) is -3.93. The van der Waals surface area contributed by atoms with Gasteiger partial charge in [-0.3, -0.25) is 10.0 Å². The van der Waals surface area contributed by atoms with Gasteiger partial charge in [0.2, 0.25) is 10.0 Å². The van der Waals surface area contributed by atoms with Crippen molar-refractivity contribution in [3.8, 4) is 0 Å². The minimum atomic E-state index is -3.93. The van der Waals surface area contributed by atoms with Crippen LogP contribution in [0.3, 0.4) is 0 Å². The van der Waals surface area contributed by atoms with Gasteiger partial charge in [-0.15, -0.1) is 0 Å². The van der Waals surface area contributed by atoms with Crippen LogP contribution in [0.4, 0.5) is 29.3 Å². The van der Waals surface area contributed by atoms with E-state index in [0.717, 1.165) is 0 Å². The van der Waals surface area contributed by atoms with Crippen LogP contribution in [0.1, 0.15) is 34.1 Å². The molecule has 0 aliphatic carbocycles. The molecule has 0 spiro atoms. The number of carbonyl (C=O) groups excluding carboxylic acids is 1. The van der Waals surface area contributed by atoms with E-state index in [0.29, 0.717) is 6.07 Å². The Bertz CT molecular complexity index is 731. The number of rotatable bonds is 5. The van der Waals surface area contributed by atoms with Crippen molar-refractivity contribution in [1.29, 1.82) is 0 Å². The Labute approximate surface area is 138 Å². The third-order valence-corrected chi connectivity index (χ3v) is 4.00. The summed E-state index contributed by atoms with van der Waals surface area (Å²) in [6, 6.07) is 0.644. The average Bonchev–Trinajstić information content (AvgIpc) is 2.39. The van der Waals surface area contributed by atoms with E-state index in [1.807, 2.05) is 10.0 Å². The van der Waals surface area contributed by atoms with Crippen molar-refractivity contribution in [1.82, 2.24) is 0 Å². The summed E-state index contributed by atoms with van der Waals surface area (Å²) in [5.74, 6) is -5.63. The Morgan fingerprint density at radius 1 is 1.12 bits per heavy atom. The van der Waals surface area contributed by atoms with Crippen LogP contribution in [0, 0.1) is 17.5 Å². The van der Waals surface area contributed by atoms with Crippen molar-refractivity contribution in [2.75, 3.05) is 15.8 Å². The van der Waals surface area contributed by atoms with Crippen molar-refractivity contribution < 1.29 is 31.1 Å². The Hall–Kier alpha value is -1.97. The fourth-order valence-corrected chi connectivity index (χ4v) is 2.79. The molecule has 10 heteroatoms. The first kappa shape index (κ1) is 20.1. The molecule has 136 valence electrons. The van der Waals surface area contributed by atoms with E-state index >= 15 is 0 Å². The van der Waals surface area contributed by atoms with Gasteiger partial charge in [-0.1, -0.05) is 6.92 Å². The van der Waals surface area contributed by atoms with Crippen molar-refractivity contribution >= 4 is 27.5 Å². The Morgan fingerprint density at radius 3 is 2.17 bits per heavy atom. The molecule has 0 bridgehead atoms. The highest BCUT2D eigenvalue weighted by Crippen LogP contribution is 2.28. The maximum Gasteiger partial charge on any atom is 0.412 e. The molecule has 0 atom stereocenters. The van der Waals surface area contributed by atoms with E-state index < -0.39 is 50.5 Å². The number of nitrogens with one attached hydrogen (secondary N) is 2. The first-order valence-corrected chi connectivity index (χ1v) is 8.69. The molecule has 1 aromatic rings. The lowest BCUT2D eigenvalue weighted by Gasteiger charge is -2.20. The third-order valence-electron chi connectivity index (χ3n) is 2.52. The zero-order valence-corrected chi connectivity index (χ0v) is 14.5. The average molecular weight is 368 g/mol. The standard InChI is InChI=1S/C14H19F3N2O4S/c1-5-6-24(21,22)19-9-7-8(10(15)12(17)11(9)16)18-13(20)23-14(2,3)4/h7,19H,5-6H2,1-4H3,(H,18,20). The van der Waals surface area contributed by atoms with Crippen LogP contribution < -0.4 is 10.0 Å². The molecule has 0 radical (unpaired) electrons. The van der Waals surface area contributed by atoms with Crippen LogP contribution in [0.15, 0.2) is 6.07 Å². The van der Waals surface area contributed by atoms with E-state index in [1.165, 1.54) is 0 Å². The summed E-state index contributed by atoms with van der Waals surface area (Å²) in [5, 5.41) is 1.92. The summed E-state index contributed by atoms with van der Waals surface area (Å²) >= 11 is 0. The number of amides is 1. The molecule has 1 rings (SSSR count). The zero-order valence-electron chi connectivity index (χ0n) is 13.7. The van der Waals surface area contributed by atoms with E-state index in [1.54, 1.807) is 27.7 Å². The lowest BCUT2D eigenvalue weighted by atomic mass is 10.2. The van der Waals surface area contributed by atoms with Crippen LogP contribution in [-0.4, -0.2) is 25.9 Å². The van der Waals surface area contributed by atoms with Gasteiger partial charge < -0.3 is 4.74 Å². The molecular weight excluding hydrogens is 349 g/mol. The number of ether oxygens (including phenoxy) is 1. The monoisotopic (exact) mass is 368 g/mol. The number of hydrogen-bond acceptors (Lipinski definition) is 4. The van der Waals surface area contributed by atoms with E-state index in [4.69, 9.17) is 4.74 Å². The van der Waals surface area contributed by atoms with Crippen LogP contribution in [-0.2, 0) is 14.8 Å². The van der Waals surface area contributed by atoms with Gasteiger partial charge >= 0.3 is 6.09 Å². The molecule has 0 aliphatic heterocycles. The van der Waals surface area contributed by atoms with Gasteiger partial charge in [0, 0.05) is 0 Å².